The van der Waals surface area contributed by atoms with Crippen molar-refractivity contribution in [1.29, 1.82) is 0 Å². The van der Waals surface area contributed by atoms with Gasteiger partial charge in [-0.25, -0.2) is 0 Å². The summed E-state index contributed by atoms with van der Waals surface area (Å²) in [4.78, 5) is 4.91. The fourth-order valence-corrected chi connectivity index (χ4v) is 3.35. The topological polar surface area (TPSA) is 48.3 Å². The van der Waals surface area contributed by atoms with Crippen LogP contribution >= 0.6 is 0 Å². The molecule has 5 nitrogen and oxygen atoms in total. The number of hydrogen-bond donors (Lipinski definition) is 1. The Morgan fingerprint density at radius 3 is 2.53 bits per heavy atom. The molecule has 4 rings (SSSR count). The molecule has 0 radical (unpaired) electrons. The summed E-state index contributed by atoms with van der Waals surface area (Å²) in [5.41, 5.74) is 1.02. The molecule has 4 aliphatic rings. The number of oxime groups is 1. The molecule has 0 spiro atoms. The van der Waals surface area contributed by atoms with Crippen LogP contribution in [0.5, 0.6) is 0 Å². The molecule has 2 bridgehead atoms. The lowest BCUT2D eigenvalue weighted by Gasteiger charge is -2.47. The van der Waals surface area contributed by atoms with E-state index in [1.54, 1.807) is 0 Å². The quantitative estimate of drug-likeness (QED) is 0.554. The van der Waals surface area contributed by atoms with E-state index in [2.05, 4.69) is 15.0 Å². The molecule has 1 N–H and O–H groups in total. The SMILES string of the molecule is O/N=C1\C2CCN(CC2)C1CN1CCOCC1. The number of hydrogen-bond acceptors (Lipinski definition) is 5. The van der Waals surface area contributed by atoms with Gasteiger partial charge in [-0.2, -0.15) is 0 Å². The lowest BCUT2D eigenvalue weighted by atomic mass is 9.81. The highest BCUT2D eigenvalue weighted by Crippen LogP contribution is 2.30. The average Bonchev–Trinajstić information content (AvgIpc) is 2.41. The summed E-state index contributed by atoms with van der Waals surface area (Å²) in [6.07, 6.45) is 2.33. The van der Waals surface area contributed by atoms with Crippen LogP contribution < -0.4 is 0 Å². The van der Waals surface area contributed by atoms with Crippen LogP contribution in [0.4, 0.5) is 0 Å². The van der Waals surface area contributed by atoms with Crippen LogP contribution in [0, 0.1) is 5.92 Å². The van der Waals surface area contributed by atoms with Gasteiger partial charge >= 0.3 is 0 Å². The third-order valence-electron chi connectivity index (χ3n) is 4.38. The van der Waals surface area contributed by atoms with E-state index in [9.17, 15) is 5.21 Å². The van der Waals surface area contributed by atoms with E-state index in [0.717, 1.165) is 38.6 Å². The molecule has 0 aliphatic carbocycles. The van der Waals surface area contributed by atoms with Gasteiger partial charge in [0.25, 0.3) is 0 Å². The van der Waals surface area contributed by atoms with E-state index in [0.29, 0.717) is 12.0 Å². The number of fused-ring (bicyclic) bond motifs is 3. The largest absolute Gasteiger partial charge is 0.411 e. The molecule has 4 fully saturated rings. The molecule has 0 saturated carbocycles. The fourth-order valence-electron chi connectivity index (χ4n) is 3.35. The summed E-state index contributed by atoms with van der Waals surface area (Å²) < 4.78 is 5.37. The minimum atomic E-state index is 0.339. The number of nitrogens with zero attached hydrogens (tertiary/aromatic N) is 3. The van der Waals surface area contributed by atoms with Gasteiger partial charge in [-0.3, -0.25) is 9.80 Å². The standard InChI is InChI=1S/C12H21N3O2/c16-13-12-10-1-3-15(4-2-10)11(12)9-14-5-7-17-8-6-14/h10-11,16H,1-9H2/b13-12+. The summed E-state index contributed by atoms with van der Waals surface area (Å²) in [5, 5.41) is 12.8. The third kappa shape index (κ3) is 2.19. The van der Waals surface area contributed by atoms with Crippen molar-refractivity contribution in [3.8, 4) is 0 Å². The van der Waals surface area contributed by atoms with E-state index < -0.39 is 0 Å². The summed E-state index contributed by atoms with van der Waals surface area (Å²) >= 11 is 0. The molecule has 4 aliphatic heterocycles. The van der Waals surface area contributed by atoms with Crippen molar-refractivity contribution in [3.05, 3.63) is 0 Å². The maximum atomic E-state index is 9.23. The van der Waals surface area contributed by atoms with Crippen LogP contribution in [-0.2, 0) is 4.74 Å². The van der Waals surface area contributed by atoms with Crippen LogP contribution in [0.2, 0.25) is 0 Å². The molecular weight excluding hydrogens is 218 g/mol. The normalized spacial score (nSPS) is 40.9. The van der Waals surface area contributed by atoms with Crippen molar-refractivity contribution < 1.29 is 9.94 Å². The number of rotatable bonds is 2. The predicted octanol–water partition coefficient (Wildman–Crippen LogP) is 0.243. The van der Waals surface area contributed by atoms with Gasteiger partial charge in [0.2, 0.25) is 0 Å². The first-order chi connectivity index (χ1) is 8.38. The van der Waals surface area contributed by atoms with E-state index in [1.807, 2.05) is 0 Å². The van der Waals surface area contributed by atoms with E-state index in [-0.39, 0.29) is 0 Å². The van der Waals surface area contributed by atoms with Crippen molar-refractivity contribution in [2.24, 2.45) is 11.1 Å². The minimum Gasteiger partial charge on any atom is -0.411 e. The van der Waals surface area contributed by atoms with Crippen LogP contribution in [0.15, 0.2) is 5.16 Å². The summed E-state index contributed by atoms with van der Waals surface area (Å²) in [6.45, 7) is 7.02. The Hall–Kier alpha value is -0.650. The average molecular weight is 239 g/mol. The lowest BCUT2D eigenvalue weighted by molar-refractivity contribution is 0.0217. The first kappa shape index (κ1) is 11.4. The Bertz CT molecular complexity index is 294. The smallest absolute Gasteiger partial charge is 0.0786 e. The molecule has 1 unspecified atom stereocenters. The Balaban J connectivity index is 1.68. The van der Waals surface area contributed by atoms with Gasteiger partial charge in [-0.05, 0) is 25.9 Å². The summed E-state index contributed by atoms with van der Waals surface area (Å²) in [5.74, 6) is 0.524. The molecule has 17 heavy (non-hydrogen) atoms. The zero-order valence-electron chi connectivity index (χ0n) is 10.2. The first-order valence-corrected chi connectivity index (χ1v) is 6.64. The van der Waals surface area contributed by atoms with Gasteiger partial charge in [-0.15, -0.1) is 0 Å². The maximum absolute atomic E-state index is 9.23. The van der Waals surface area contributed by atoms with Crippen molar-refractivity contribution in [1.82, 2.24) is 9.80 Å². The molecule has 4 saturated heterocycles. The fraction of sp³-hybridized carbons (Fsp3) is 0.917. The first-order valence-electron chi connectivity index (χ1n) is 6.64. The van der Waals surface area contributed by atoms with E-state index in [4.69, 9.17) is 4.74 Å². The molecule has 0 aromatic heterocycles. The summed E-state index contributed by atoms with van der Waals surface area (Å²) in [6, 6.07) is 0.339. The number of morpholine rings is 1. The van der Waals surface area contributed by atoms with Crippen molar-refractivity contribution in [2.75, 3.05) is 45.9 Å². The molecule has 5 heteroatoms. The second-order valence-corrected chi connectivity index (χ2v) is 5.26. The van der Waals surface area contributed by atoms with Gasteiger partial charge in [0, 0.05) is 25.6 Å². The molecular formula is C12H21N3O2. The van der Waals surface area contributed by atoms with Crippen molar-refractivity contribution >= 4 is 5.71 Å². The van der Waals surface area contributed by atoms with Crippen LogP contribution in [0.1, 0.15) is 12.8 Å². The number of ether oxygens (including phenoxy) is 1. The Labute approximate surface area is 102 Å². The zero-order valence-corrected chi connectivity index (χ0v) is 10.2. The van der Waals surface area contributed by atoms with Crippen LogP contribution in [-0.4, -0.2) is 72.7 Å². The Kier molecular flexibility index (Phi) is 3.31. The van der Waals surface area contributed by atoms with Gasteiger partial charge in [-0.1, -0.05) is 5.16 Å². The monoisotopic (exact) mass is 239 g/mol. The lowest BCUT2D eigenvalue weighted by Crippen LogP contribution is -2.60. The number of piperidine rings is 3. The second-order valence-electron chi connectivity index (χ2n) is 5.26. The van der Waals surface area contributed by atoms with Crippen molar-refractivity contribution in [2.45, 2.75) is 18.9 Å². The van der Waals surface area contributed by atoms with Gasteiger partial charge in [0.15, 0.2) is 0 Å². The summed E-state index contributed by atoms with van der Waals surface area (Å²) in [7, 11) is 0. The molecule has 0 aromatic carbocycles. The maximum Gasteiger partial charge on any atom is 0.0786 e. The Morgan fingerprint density at radius 2 is 1.88 bits per heavy atom. The molecule has 4 heterocycles. The van der Waals surface area contributed by atoms with Crippen LogP contribution in [0.3, 0.4) is 0 Å². The Morgan fingerprint density at radius 1 is 1.18 bits per heavy atom. The van der Waals surface area contributed by atoms with E-state index >= 15 is 0 Å². The minimum absolute atomic E-state index is 0.339. The van der Waals surface area contributed by atoms with E-state index in [1.165, 1.54) is 25.9 Å². The van der Waals surface area contributed by atoms with Gasteiger partial charge in [0.05, 0.1) is 25.0 Å². The molecule has 1 atom stereocenters. The highest BCUT2D eigenvalue weighted by Gasteiger charge is 2.40. The van der Waals surface area contributed by atoms with Crippen LogP contribution in [0.25, 0.3) is 0 Å². The van der Waals surface area contributed by atoms with Gasteiger partial charge in [0.1, 0.15) is 0 Å². The predicted molar refractivity (Wildman–Crippen MR) is 64.6 cm³/mol. The van der Waals surface area contributed by atoms with Crippen molar-refractivity contribution in [3.63, 3.8) is 0 Å². The molecule has 0 amide bonds. The van der Waals surface area contributed by atoms with Gasteiger partial charge < -0.3 is 9.94 Å². The molecule has 0 aromatic rings. The highest BCUT2D eigenvalue weighted by atomic mass is 16.5. The third-order valence-corrected chi connectivity index (χ3v) is 4.38. The second kappa shape index (κ2) is 4.92. The highest BCUT2D eigenvalue weighted by molar-refractivity contribution is 5.92. The zero-order chi connectivity index (χ0) is 11.7. The molecule has 96 valence electrons.